The number of nitrogens with two attached hydrogens (primary N) is 1. The molecule has 0 saturated heterocycles. The second-order valence-electron chi connectivity index (χ2n) is 3.82. The van der Waals surface area contributed by atoms with Gasteiger partial charge in [-0.1, -0.05) is 22.8 Å². The summed E-state index contributed by atoms with van der Waals surface area (Å²) in [5, 5.41) is 22.7. The molecule has 0 aliphatic heterocycles. The van der Waals surface area contributed by atoms with Crippen LogP contribution in [0, 0.1) is 10.1 Å². The van der Waals surface area contributed by atoms with Crippen LogP contribution in [0.1, 0.15) is 5.69 Å². The molecule has 1 aromatic heterocycles. The molecule has 0 saturated carbocycles. The quantitative estimate of drug-likeness (QED) is 0.294. The molecule has 0 amide bonds. The third kappa shape index (κ3) is 3.37. The number of rotatable bonds is 4. The molecular formula is C12H9ClN4O4. The molecule has 0 radical (unpaired) electrons. The molecule has 3 N–H and O–H groups in total. The Hall–Kier alpha value is -2.87. The zero-order valence-corrected chi connectivity index (χ0v) is 11.2. The summed E-state index contributed by atoms with van der Waals surface area (Å²) in [6.07, 6.45) is 0. The molecule has 0 spiro atoms. The van der Waals surface area contributed by atoms with Crippen molar-refractivity contribution >= 4 is 23.1 Å². The number of hydrogen-bond donors (Lipinski definition) is 2. The predicted octanol–water partition coefficient (Wildman–Crippen LogP) is 2.53. The average molecular weight is 309 g/mol. The van der Waals surface area contributed by atoms with Crippen LogP contribution < -0.4 is 10.5 Å². The highest BCUT2D eigenvalue weighted by Gasteiger charge is 2.20. The second-order valence-corrected chi connectivity index (χ2v) is 4.26. The van der Waals surface area contributed by atoms with Gasteiger partial charge in [-0.25, -0.2) is 4.98 Å². The van der Waals surface area contributed by atoms with E-state index in [0.717, 1.165) is 6.07 Å². The topological polar surface area (TPSA) is 124 Å². The SMILES string of the molecule is N/C(=N/O)c1nc(Oc2cccc(Cl)c2)ccc1[N+](=O)[O-]. The minimum Gasteiger partial charge on any atom is -0.439 e. The van der Waals surface area contributed by atoms with Crippen LogP contribution >= 0.6 is 11.6 Å². The number of pyridine rings is 1. The van der Waals surface area contributed by atoms with Crippen molar-refractivity contribution in [1.29, 1.82) is 0 Å². The van der Waals surface area contributed by atoms with Gasteiger partial charge in [0.1, 0.15) is 5.75 Å². The first-order valence-electron chi connectivity index (χ1n) is 5.58. The molecule has 0 aliphatic carbocycles. The van der Waals surface area contributed by atoms with Gasteiger partial charge in [0.15, 0.2) is 11.5 Å². The van der Waals surface area contributed by atoms with E-state index in [9.17, 15) is 10.1 Å². The normalized spacial score (nSPS) is 11.2. The van der Waals surface area contributed by atoms with Crippen molar-refractivity contribution in [3.05, 3.63) is 57.2 Å². The molecule has 2 aromatic rings. The molecule has 0 aliphatic rings. The number of nitrogens with zero attached hydrogens (tertiary/aromatic N) is 3. The Balaban J connectivity index is 2.40. The fraction of sp³-hybridized carbons (Fsp3) is 0. The maximum atomic E-state index is 10.9. The molecule has 1 heterocycles. The summed E-state index contributed by atoms with van der Waals surface area (Å²) in [4.78, 5) is 14.0. The van der Waals surface area contributed by atoms with Crippen LogP contribution in [-0.2, 0) is 0 Å². The second kappa shape index (κ2) is 6.06. The number of halogens is 1. The number of nitro groups is 1. The summed E-state index contributed by atoms with van der Waals surface area (Å²) in [5.41, 5.74) is 4.69. The van der Waals surface area contributed by atoms with Gasteiger partial charge in [-0.05, 0) is 18.2 Å². The smallest absolute Gasteiger partial charge is 0.299 e. The average Bonchev–Trinajstić information content (AvgIpc) is 2.46. The Morgan fingerprint density at radius 1 is 1.43 bits per heavy atom. The maximum absolute atomic E-state index is 10.9. The number of ether oxygens (including phenoxy) is 1. The molecule has 1 aromatic carbocycles. The van der Waals surface area contributed by atoms with Crippen LogP contribution in [0.4, 0.5) is 5.69 Å². The predicted molar refractivity (Wildman–Crippen MR) is 74.9 cm³/mol. The van der Waals surface area contributed by atoms with Crippen LogP contribution in [-0.4, -0.2) is 21.0 Å². The maximum Gasteiger partial charge on any atom is 0.299 e. The van der Waals surface area contributed by atoms with Crippen molar-refractivity contribution in [3.63, 3.8) is 0 Å². The van der Waals surface area contributed by atoms with E-state index < -0.39 is 16.4 Å². The molecule has 0 atom stereocenters. The lowest BCUT2D eigenvalue weighted by molar-refractivity contribution is -0.385. The van der Waals surface area contributed by atoms with E-state index in [4.69, 9.17) is 27.3 Å². The summed E-state index contributed by atoms with van der Waals surface area (Å²) < 4.78 is 5.42. The van der Waals surface area contributed by atoms with E-state index in [1.54, 1.807) is 24.3 Å². The minimum atomic E-state index is -0.691. The molecule has 0 unspecified atom stereocenters. The fourth-order valence-electron chi connectivity index (χ4n) is 1.53. The Kier molecular flexibility index (Phi) is 4.19. The molecule has 2 rings (SSSR count). The van der Waals surface area contributed by atoms with E-state index in [1.165, 1.54) is 6.07 Å². The van der Waals surface area contributed by atoms with Crippen LogP contribution in [0.2, 0.25) is 5.02 Å². The first kappa shape index (κ1) is 14.5. The van der Waals surface area contributed by atoms with E-state index in [1.807, 2.05) is 0 Å². The van der Waals surface area contributed by atoms with Gasteiger partial charge in [0, 0.05) is 17.2 Å². The number of benzene rings is 1. The monoisotopic (exact) mass is 308 g/mol. The lowest BCUT2D eigenvalue weighted by atomic mass is 10.3. The van der Waals surface area contributed by atoms with E-state index >= 15 is 0 Å². The van der Waals surface area contributed by atoms with Crippen LogP contribution in [0.3, 0.4) is 0 Å². The van der Waals surface area contributed by atoms with Gasteiger partial charge in [0.2, 0.25) is 5.88 Å². The largest absolute Gasteiger partial charge is 0.439 e. The summed E-state index contributed by atoms with van der Waals surface area (Å²) >= 11 is 5.82. The molecule has 9 heteroatoms. The highest BCUT2D eigenvalue weighted by Crippen LogP contribution is 2.25. The standard InChI is InChI=1S/C12H9ClN4O4/c13-7-2-1-3-8(6-7)21-10-5-4-9(17(19)20)11(15-10)12(14)16-18/h1-6,18H,(H2,14,16). The Morgan fingerprint density at radius 3 is 2.81 bits per heavy atom. The molecule has 0 bridgehead atoms. The molecule has 21 heavy (non-hydrogen) atoms. The highest BCUT2D eigenvalue weighted by molar-refractivity contribution is 6.30. The van der Waals surface area contributed by atoms with Gasteiger partial charge < -0.3 is 15.7 Å². The van der Waals surface area contributed by atoms with Crippen LogP contribution in [0.15, 0.2) is 41.6 Å². The van der Waals surface area contributed by atoms with E-state index in [2.05, 4.69) is 10.1 Å². The van der Waals surface area contributed by atoms with Crippen molar-refractivity contribution < 1.29 is 14.9 Å². The first-order valence-corrected chi connectivity index (χ1v) is 5.96. The van der Waals surface area contributed by atoms with Gasteiger partial charge in [0.25, 0.3) is 5.69 Å². The van der Waals surface area contributed by atoms with Crippen molar-refractivity contribution in [1.82, 2.24) is 4.98 Å². The van der Waals surface area contributed by atoms with E-state index in [0.29, 0.717) is 10.8 Å². The van der Waals surface area contributed by atoms with Crippen LogP contribution in [0.25, 0.3) is 0 Å². The summed E-state index contributed by atoms with van der Waals surface area (Å²) in [5.74, 6) is -0.0444. The van der Waals surface area contributed by atoms with Crippen LogP contribution in [0.5, 0.6) is 11.6 Å². The van der Waals surface area contributed by atoms with Gasteiger partial charge >= 0.3 is 0 Å². The summed E-state index contributed by atoms with van der Waals surface area (Å²) in [6, 6.07) is 8.98. The summed E-state index contributed by atoms with van der Waals surface area (Å²) in [7, 11) is 0. The third-order valence-electron chi connectivity index (χ3n) is 2.41. The first-order chi connectivity index (χ1) is 10.0. The Morgan fingerprint density at radius 2 is 2.19 bits per heavy atom. The lowest BCUT2D eigenvalue weighted by Gasteiger charge is -2.07. The molecule has 108 valence electrons. The van der Waals surface area contributed by atoms with Gasteiger partial charge in [-0.15, -0.1) is 0 Å². The third-order valence-corrected chi connectivity index (χ3v) is 2.65. The number of aromatic nitrogens is 1. The van der Waals surface area contributed by atoms with Crippen molar-refractivity contribution in [3.8, 4) is 11.6 Å². The van der Waals surface area contributed by atoms with Crippen molar-refractivity contribution in [2.75, 3.05) is 0 Å². The van der Waals surface area contributed by atoms with Crippen molar-refractivity contribution in [2.45, 2.75) is 0 Å². The number of amidine groups is 1. The van der Waals surface area contributed by atoms with E-state index in [-0.39, 0.29) is 11.6 Å². The highest BCUT2D eigenvalue weighted by atomic mass is 35.5. The Bertz CT molecular complexity index is 720. The Labute approximate surface area is 123 Å². The fourth-order valence-corrected chi connectivity index (χ4v) is 1.71. The number of hydrogen-bond acceptors (Lipinski definition) is 6. The van der Waals surface area contributed by atoms with Gasteiger partial charge in [0.05, 0.1) is 4.92 Å². The zero-order chi connectivity index (χ0) is 15.4. The minimum absolute atomic E-state index is 0.0458. The number of oxime groups is 1. The lowest BCUT2D eigenvalue weighted by Crippen LogP contribution is -2.17. The summed E-state index contributed by atoms with van der Waals surface area (Å²) in [6.45, 7) is 0. The molecule has 8 nitrogen and oxygen atoms in total. The zero-order valence-electron chi connectivity index (χ0n) is 10.4. The molecular weight excluding hydrogens is 300 g/mol. The van der Waals surface area contributed by atoms with Gasteiger partial charge in [-0.2, -0.15) is 0 Å². The molecule has 0 fully saturated rings. The van der Waals surface area contributed by atoms with Crippen molar-refractivity contribution in [2.24, 2.45) is 10.9 Å². The van der Waals surface area contributed by atoms with Gasteiger partial charge in [-0.3, -0.25) is 10.1 Å².